The van der Waals surface area contributed by atoms with E-state index in [0.29, 0.717) is 16.6 Å². The Morgan fingerprint density at radius 3 is 2.76 bits per heavy atom. The molecule has 0 aliphatic heterocycles. The fourth-order valence-corrected chi connectivity index (χ4v) is 3.38. The molecular weight excluding hydrogens is 286 g/mol. The van der Waals surface area contributed by atoms with Gasteiger partial charge >= 0.3 is 0 Å². The fraction of sp³-hybridized carbons (Fsp3) is 0.750. The van der Waals surface area contributed by atoms with E-state index >= 15 is 0 Å². The fourth-order valence-electron chi connectivity index (χ4n) is 3.19. The van der Waals surface area contributed by atoms with Crippen LogP contribution in [-0.2, 0) is 6.54 Å². The predicted molar refractivity (Wildman–Crippen MR) is 85.9 cm³/mol. The van der Waals surface area contributed by atoms with Gasteiger partial charge in [-0.05, 0) is 37.0 Å². The third-order valence-electron chi connectivity index (χ3n) is 4.88. The normalized spacial score (nSPS) is 21.2. The summed E-state index contributed by atoms with van der Waals surface area (Å²) < 4.78 is 1.56. The van der Waals surface area contributed by atoms with Gasteiger partial charge < -0.3 is 5.32 Å². The van der Waals surface area contributed by atoms with E-state index in [0.717, 1.165) is 13.1 Å². The van der Waals surface area contributed by atoms with Gasteiger partial charge in [0.05, 0.1) is 11.2 Å². The van der Waals surface area contributed by atoms with E-state index in [1.807, 2.05) is 0 Å². The monoisotopic (exact) mass is 309 g/mol. The van der Waals surface area contributed by atoms with Crippen molar-refractivity contribution < 1.29 is 0 Å². The highest BCUT2D eigenvalue weighted by atomic mass is 35.5. The maximum atomic E-state index is 12.5. The summed E-state index contributed by atoms with van der Waals surface area (Å²) in [6.07, 6.45) is 10.4. The van der Waals surface area contributed by atoms with E-state index in [4.69, 9.17) is 11.6 Å². The molecular formula is C16H24ClN3O. The Bertz CT molecular complexity index is 559. The molecule has 0 unspecified atom stereocenters. The van der Waals surface area contributed by atoms with Crippen molar-refractivity contribution in [1.82, 2.24) is 9.78 Å². The van der Waals surface area contributed by atoms with Gasteiger partial charge in [0.15, 0.2) is 0 Å². The molecule has 0 bridgehead atoms. The van der Waals surface area contributed by atoms with Crippen LogP contribution >= 0.6 is 11.6 Å². The molecule has 2 aliphatic rings. The Labute approximate surface area is 130 Å². The summed E-state index contributed by atoms with van der Waals surface area (Å²) in [5.74, 6) is 0.625. The van der Waals surface area contributed by atoms with E-state index in [1.165, 1.54) is 44.9 Å². The van der Waals surface area contributed by atoms with Crippen LogP contribution in [0, 0.1) is 11.3 Å². The summed E-state index contributed by atoms with van der Waals surface area (Å²) in [4.78, 5) is 12.5. The molecule has 4 nitrogen and oxygen atoms in total. The Morgan fingerprint density at radius 1 is 1.38 bits per heavy atom. The maximum Gasteiger partial charge on any atom is 0.291 e. The number of rotatable bonds is 5. The number of anilines is 1. The molecule has 1 heterocycles. The van der Waals surface area contributed by atoms with Crippen molar-refractivity contribution in [3.63, 3.8) is 0 Å². The van der Waals surface area contributed by atoms with Crippen LogP contribution in [0.2, 0.25) is 5.02 Å². The molecule has 5 heteroatoms. The first-order chi connectivity index (χ1) is 10.1. The van der Waals surface area contributed by atoms with Crippen molar-refractivity contribution in [2.75, 3.05) is 11.9 Å². The SMILES string of the molecule is CC1(CNc2c(Cl)cnn(CC3CC3)c2=O)CCCCC1. The number of hydrogen-bond donors (Lipinski definition) is 1. The molecule has 0 saturated heterocycles. The lowest BCUT2D eigenvalue weighted by atomic mass is 9.76. The summed E-state index contributed by atoms with van der Waals surface area (Å²) in [6.45, 7) is 3.84. The van der Waals surface area contributed by atoms with Gasteiger partial charge in [0.2, 0.25) is 0 Å². The molecule has 2 fully saturated rings. The molecule has 0 atom stereocenters. The van der Waals surface area contributed by atoms with Gasteiger partial charge in [-0.2, -0.15) is 5.10 Å². The van der Waals surface area contributed by atoms with Crippen LogP contribution in [0.15, 0.2) is 11.0 Å². The lowest BCUT2D eigenvalue weighted by molar-refractivity contribution is 0.233. The van der Waals surface area contributed by atoms with Crippen molar-refractivity contribution >= 4 is 17.3 Å². The first-order valence-corrected chi connectivity index (χ1v) is 8.45. The Kier molecular flexibility index (Phi) is 4.25. The number of halogens is 1. The van der Waals surface area contributed by atoms with E-state index < -0.39 is 0 Å². The highest BCUT2D eigenvalue weighted by molar-refractivity contribution is 6.32. The number of nitrogens with zero attached hydrogens (tertiary/aromatic N) is 2. The van der Waals surface area contributed by atoms with Crippen LogP contribution in [0.25, 0.3) is 0 Å². The minimum atomic E-state index is -0.0752. The first-order valence-electron chi connectivity index (χ1n) is 8.07. The zero-order valence-electron chi connectivity index (χ0n) is 12.7. The molecule has 0 amide bonds. The Hall–Kier alpha value is -1.03. The minimum Gasteiger partial charge on any atom is -0.379 e. The second-order valence-electron chi connectivity index (χ2n) is 7.02. The van der Waals surface area contributed by atoms with E-state index in [-0.39, 0.29) is 11.0 Å². The zero-order chi connectivity index (χ0) is 14.9. The molecule has 1 aromatic rings. The number of nitrogens with one attached hydrogen (secondary N) is 1. The standard InChI is InChI=1S/C16H24ClN3O/c1-16(7-3-2-4-8-16)11-18-14-13(17)9-19-20(15(14)21)10-12-5-6-12/h9,12,18H,2-8,10-11H2,1H3. The second kappa shape index (κ2) is 5.99. The molecule has 1 aromatic heterocycles. The van der Waals surface area contributed by atoms with E-state index in [1.54, 1.807) is 10.9 Å². The highest BCUT2D eigenvalue weighted by Crippen LogP contribution is 2.36. The maximum absolute atomic E-state index is 12.5. The third-order valence-corrected chi connectivity index (χ3v) is 5.16. The van der Waals surface area contributed by atoms with Crippen LogP contribution in [0.1, 0.15) is 51.9 Å². The molecule has 3 rings (SSSR count). The molecule has 0 spiro atoms. The minimum absolute atomic E-state index is 0.0752. The summed E-state index contributed by atoms with van der Waals surface area (Å²) in [7, 11) is 0. The van der Waals surface area contributed by atoms with Crippen LogP contribution < -0.4 is 10.9 Å². The van der Waals surface area contributed by atoms with E-state index in [2.05, 4.69) is 17.3 Å². The molecule has 21 heavy (non-hydrogen) atoms. The van der Waals surface area contributed by atoms with Crippen molar-refractivity contribution in [3.8, 4) is 0 Å². The summed E-state index contributed by atoms with van der Waals surface area (Å²) in [6, 6.07) is 0. The van der Waals surface area contributed by atoms with Crippen LogP contribution in [0.3, 0.4) is 0 Å². The van der Waals surface area contributed by atoms with Gasteiger partial charge in [0.1, 0.15) is 5.69 Å². The average molecular weight is 310 g/mol. The lowest BCUT2D eigenvalue weighted by Crippen LogP contribution is -2.33. The largest absolute Gasteiger partial charge is 0.379 e. The molecule has 2 aliphatic carbocycles. The van der Waals surface area contributed by atoms with Gasteiger partial charge in [-0.15, -0.1) is 0 Å². The van der Waals surface area contributed by atoms with Gasteiger partial charge in [0, 0.05) is 13.1 Å². The van der Waals surface area contributed by atoms with E-state index in [9.17, 15) is 4.79 Å². The van der Waals surface area contributed by atoms with Crippen LogP contribution in [0.4, 0.5) is 5.69 Å². The van der Waals surface area contributed by atoms with Gasteiger partial charge in [-0.1, -0.05) is 37.8 Å². The quantitative estimate of drug-likeness (QED) is 0.902. The number of aromatic nitrogens is 2. The second-order valence-corrected chi connectivity index (χ2v) is 7.43. The lowest BCUT2D eigenvalue weighted by Gasteiger charge is -2.34. The van der Waals surface area contributed by atoms with Crippen molar-refractivity contribution in [1.29, 1.82) is 0 Å². The van der Waals surface area contributed by atoms with Crippen LogP contribution in [-0.4, -0.2) is 16.3 Å². The first kappa shape index (κ1) is 14.9. The zero-order valence-corrected chi connectivity index (χ0v) is 13.5. The van der Waals surface area contributed by atoms with Gasteiger partial charge in [-0.25, -0.2) is 4.68 Å². The third kappa shape index (κ3) is 3.60. The van der Waals surface area contributed by atoms with Gasteiger partial charge in [0.25, 0.3) is 5.56 Å². The Morgan fingerprint density at radius 2 is 2.10 bits per heavy atom. The van der Waals surface area contributed by atoms with Crippen molar-refractivity contribution in [2.24, 2.45) is 11.3 Å². The van der Waals surface area contributed by atoms with Crippen molar-refractivity contribution in [3.05, 3.63) is 21.6 Å². The van der Waals surface area contributed by atoms with Gasteiger partial charge in [-0.3, -0.25) is 4.79 Å². The predicted octanol–water partition coefficient (Wildman–Crippen LogP) is 3.69. The molecule has 0 radical (unpaired) electrons. The Balaban J connectivity index is 1.72. The summed E-state index contributed by atoms with van der Waals surface area (Å²) in [5.41, 5.74) is 0.728. The summed E-state index contributed by atoms with van der Waals surface area (Å²) in [5, 5.41) is 7.92. The number of hydrogen-bond acceptors (Lipinski definition) is 3. The summed E-state index contributed by atoms with van der Waals surface area (Å²) >= 11 is 6.18. The molecule has 2 saturated carbocycles. The molecule has 1 N–H and O–H groups in total. The smallest absolute Gasteiger partial charge is 0.291 e. The topological polar surface area (TPSA) is 46.9 Å². The van der Waals surface area contributed by atoms with Crippen LogP contribution in [0.5, 0.6) is 0 Å². The highest BCUT2D eigenvalue weighted by Gasteiger charge is 2.28. The molecule has 0 aromatic carbocycles. The average Bonchev–Trinajstić information content (AvgIpc) is 3.27. The van der Waals surface area contributed by atoms with Crippen molar-refractivity contribution in [2.45, 2.75) is 58.4 Å². The molecule has 116 valence electrons.